The smallest absolute Gasteiger partial charge is 0.147 e. The molecule has 0 radical (unpaired) electrons. The summed E-state index contributed by atoms with van der Waals surface area (Å²) in [5, 5.41) is 11.4. The van der Waals surface area contributed by atoms with Crippen molar-refractivity contribution in [1.82, 2.24) is 9.55 Å². The summed E-state index contributed by atoms with van der Waals surface area (Å²) in [4.78, 5) is 7.35. The number of rotatable bonds is 5. The van der Waals surface area contributed by atoms with Gasteiger partial charge in [-0.3, -0.25) is 4.57 Å². The number of hydrogen-bond donors (Lipinski definition) is 1. The Morgan fingerprint density at radius 1 is 1.13 bits per heavy atom. The first kappa shape index (κ1) is 21.9. The Hall–Kier alpha value is -1.27. The van der Waals surface area contributed by atoms with Crippen LogP contribution in [0.5, 0.6) is 0 Å². The first-order valence-electron chi connectivity index (χ1n) is 10.4. The topological polar surface area (TPSA) is 41.3 Å². The van der Waals surface area contributed by atoms with Crippen molar-refractivity contribution in [2.45, 2.75) is 39.5 Å². The van der Waals surface area contributed by atoms with E-state index in [4.69, 9.17) is 33.3 Å². The molecule has 3 aromatic rings. The highest BCUT2D eigenvalue weighted by Crippen LogP contribution is 2.39. The predicted octanol–water partition coefficient (Wildman–Crippen LogP) is 6.70. The Kier molecular flexibility index (Phi) is 6.64. The lowest BCUT2D eigenvalue weighted by Crippen LogP contribution is -2.34. The first-order chi connectivity index (χ1) is 14.4. The summed E-state index contributed by atoms with van der Waals surface area (Å²) in [5.41, 5.74) is 5.01. The van der Waals surface area contributed by atoms with Crippen LogP contribution in [-0.4, -0.2) is 34.4 Å². The van der Waals surface area contributed by atoms with Gasteiger partial charge in [0.05, 0.1) is 15.7 Å². The highest BCUT2D eigenvalue weighted by molar-refractivity contribution is 9.10. The number of fused-ring (bicyclic) bond motifs is 1. The van der Waals surface area contributed by atoms with Crippen LogP contribution in [0.1, 0.15) is 36.9 Å². The third-order valence-corrected chi connectivity index (χ3v) is 7.04. The van der Waals surface area contributed by atoms with Gasteiger partial charge in [-0.25, -0.2) is 4.98 Å². The van der Waals surface area contributed by atoms with Crippen molar-refractivity contribution in [3.63, 3.8) is 0 Å². The Labute approximate surface area is 195 Å². The summed E-state index contributed by atoms with van der Waals surface area (Å²) in [7, 11) is 0. The van der Waals surface area contributed by atoms with Crippen LogP contribution < -0.4 is 4.90 Å². The van der Waals surface area contributed by atoms with Crippen LogP contribution in [0.2, 0.25) is 10.0 Å². The fraction of sp³-hybridized carbons (Fsp3) is 0.435. The van der Waals surface area contributed by atoms with E-state index in [2.05, 4.69) is 40.0 Å². The summed E-state index contributed by atoms with van der Waals surface area (Å²) >= 11 is 16.6. The van der Waals surface area contributed by atoms with E-state index in [9.17, 15) is 0 Å². The molecule has 1 aliphatic heterocycles. The Morgan fingerprint density at radius 2 is 1.80 bits per heavy atom. The molecular weight excluding hydrogens is 485 g/mol. The molecule has 7 heteroatoms. The Morgan fingerprint density at radius 3 is 2.43 bits per heavy atom. The van der Waals surface area contributed by atoms with Crippen LogP contribution in [0, 0.1) is 19.8 Å². The average molecular weight is 511 g/mol. The molecule has 1 aromatic carbocycles. The van der Waals surface area contributed by atoms with Crippen LogP contribution in [0.15, 0.2) is 28.9 Å². The second-order valence-corrected chi connectivity index (χ2v) is 9.91. The maximum atomic E-state index is 9.12. The van der Waals surface area contributed by atoms with Crippen LogP contribution in [0.25, 0.3) is 16.7 Å². The zero-order chi connectivity index (χ0) is 21.4. The van der Waals surface area contributed by atoms with Gasteiger partial charge >= 0.3 is 0 Å². The third kappa shape index (κ3) is 4.22. The molecule has 0 spiro atoms. The zero-order valence-electron chi connectivity index (χ0n) is 17.3. The Balaban J connectivity index is 1.76. The van der Waals surface area contributed by atoms with Gasteiger partial charge in [-0.1, -0.05) is 39.1 Å². The predicted molar refractivity (Wildman–Crippen MR) is 130 cm³/mol. The van der Waals surface area contributed by atoms with Crippen molar-refractivity contribution in [2.24, 2.45) is 5.92 Å². The number of pyridine rings is 1. The molecule has 1 saturated heterocycles. The summed E-state index contributed by atoms with van der Waals surface area (Å²) < 4.78 is 2.87. The van der Waals surface area contributed by atoms with Crippen LogP contribution in [-0.2, 0) is 0 Å². The van der Waals surface area contributed by atoms with E-state index in [1.165, 1.54) is 5.69 Å². The number of aliphatic hydroxyl groups is 1. The number of hydrogen-bond acceptors (Lipinski definition) is 3. The normalized spacial score (nSPS) is 15.3. The SMILES string of the molecule is Cc1cc(N2CCC(CCCO)CC2)c2c(C)cn(-c3c(Cl)cc(Br)cc3Cl)c2n1. The molecular formula is C23H26BrCl2N3O. The molecule has 2 aromatic heterocycles. The van der Waals surface area contributed by atoms with Gasteiger partial charge in [-0.2, -0.15) is 0 Å². The van der Waals surface area contributed by atoms with Gasteiger partial charge in [-0.05, 0) is 69.2 Å². The summed E-state index contributed by atoms with van der Waals surface area (Å²) in [6.07, 6.45) is 6.42. The van der Waals surface area contributed by atoms with E-state index in [-0.39, 0.29) is 6.61 Å². The number of nitrogens with zero attached hydrogens (tertiary/aromatic N) is 3. The standard InChI is InChI=1S/C23H26BrCl2N3O/c1-14-13-29(22-18(25)11-17(24)12-19(22)26)23-21(14)20(10-15(2)27-23)28-7-5-16(6-8-28)4-3-9-30/h10-13,16,30H,3-9H2,1-2H3. The number of benzene rings is 1. The minimum absolute atomic E-state index is 0.290. The molecule has 1 fully saturated rings. The number of halogens is 3. The number of aromatic nitrogens is 2. The molecule has 0 saturated carbocycles. The molecule has 0 atom stereocenters. The second kappa shape index (κ2) is 9.07. The molecule has 0 bridgehead atoms. The van der Waals surface area contributed by atoms with E-state index in [0.717, 1.165) is 71.2 Å². The van der Waals surface area contributed by atoms with Crippen LogP contribution in [0.3, 0.4) is 0 Å². The van der Waals surface area contributed by atoms with Crippen molar-refractivity contribution in [1.29, 1.82) is 0 Å². The quantitative estimate of drug-likeness (QED) is 0.415. The van der Waals surface area contributed by atoms with Crippen molar-refractivity contribution < 1.29 is 5.11 Å². The zero-order valence-corrected chi connectivity index (χ0v) is 20.4. The molecule has 30 heavy (non-hydrogen) atoms. The fourth-order valence-electron chi connectivity index (χ4n) is 4.54. The summed E-state index contributed by atoms with van der Waals surface area (Å²) in [6, 6.07) is 5.91. The molecule has 160 valence electrons. The molecule has 1 N–H and O–H groups in total. The lowest BCUT2D eigenvalue weighted by molar-refractivity contribution is 0.261. The van der Waals surface area contributed by atoms with E-state index in [1.54, 1.807) is 0 Å². The van der Waals surface area contributed by atoms with Crippen molar-refractivity contribution in [3.8, 4) is 5.69 Å². The lowest BCUT2D eigenvalue weighted by Gasteiger charge is -2.34. The van der Waals surface area contributed by atoms with Crippen molar-refractivity contribution in [3.05, 3.63) is 50.2 Å². The van der Waals surface area contributed by atoms with Crippen molar-refractivity contribution in [2.75, 3.05) is 24.6 Å². The Bertz CT molecular complexity index is 1050. The van der Waals surface area contributed by atoms with E-state index >= 15 is 0 Å². The molecule has 0 unspecified atom stereocenters. The largest absolute Gasteiger partial charge is 0.396 e. The molecule has 3 heterocycles. The van der Waals surface area contributed by atoms with Gasteiger partial charge in [0.15, 0.2) is 0 Å². The summed E-state index contributed by atoms with van der Waals surface area (Å²) in [6.45, 7) is 6.50. The summed E-state index contributed by atoms with van der Waals surface area (Å²) in [5.74, 6) is 0.706. The van der Waals surface area contributed by atoms with Crippen LogP contribution in [0.4, 0.5) is 5.69 Å². The van der Waals surface area contributed by atoms with E-state index < -0.39 is 0 Å². The number of aryl methyl sites for hydroxylation is 2. The third-order valence-electron chi connectivity index (χ3n) is 6.00. The first-order valence-corrected chi connectivity index (χ1v) is 11.9. The molecule has 4 rings (SSSR count). The van der Waals surface area contributed by atoms with Gasteiger partial charge in [-0.15, -0.1) is 0 Å². The monoisotopic (exact) mass is 509 g/mol. The highest BCUT2D eigenvalue weighted by Gasteiger charge is 2.24. The maximum absolute atomic E-state index is 9.12. The fourth-order valence-corrected chi connectivity index (χ4v) is 5.93. The van der Waals surface area contributed by atoms with Gasteiger partial charge in [0, 0.05) is 47.1 Å². The van der Waals surface area contributed by atoms with Crippen molar-refractivity contribution >= 4 is 55.9 Å². The van der Waals surface area contributed by atoms with Gasteiger partial charge in [0.25, 0.3) is 0 Å². The number of anilines is 1. The highest BCUT2D eigenvalue weighted by atomic mass is 79.9. The van der Waals surface area contributed by atoms with E-state index in [1.807, 2.05) is 23.6 Å². The maximum Gasteiger partial charge on any atom is 0.147 e. The minimum atomic E-state index is 0.290. The number of piperidine rings is 1. The van der Waals surface area contributed by atoms with Gasteiger partial charge in [0.1, 0.15) is 5.65 Å². The average Bonchev–Trinajstić information content (AvgIpc) is 3.01. The van der Waals surface area contributed by atoms with E-state index in [0.29, 0.717) is 16.0 Å². The molecule has 0 aliphatic carbocycles. The number of aliphatic hydroxyl groups excluding tert-OH is 1. The van der Waals surface area contributed by atoms with Gasteiger partial charge in [0.2, 0.25) is 0 Å². The second-order valence-electron chi connectivity index (χ2n) is 8.18. The molecule has 4 nitrogen and oxygen atoms in total. The molecule has 0 amide bonds. The minimum Gasteiger partial charge on any atom is -0.396 e. The van der Waals surface area contributed by atoms with Gasteiger partial charge < -0.3 is 10.0 Å². The molecule has 1 aliphatic rings. The van der Waals surface area contributed by atoms with Crippen LogP contribution >= 0.6 is 39.1 Å². The lowest BCUT2D eigenvalue weighted by atomic mass is 9.92.